The first-order valence-corrected chi connectivity index (χ1v) is 14.9. The SMILES string of the molecule is COc1ccc(CC(C(=O)O)c2cc3c(c(C(=O)NCC(=O)OC(C)(C)C)c2)OCCCc2cc(NC(=N)N)ccc2C(=O)O3)cc1. The molecule has 4 rings (SSSR count). The molecule has 0 fully saturated rings. The normalized spacial score (nSPS) is 13.4. The van der Waals surface area contributed by atoms with E-state index >= 15 is 0 Å². The molecule has 0 aliphatic carbocycles. The summed E-state index contributed by atoms with van der Waals surface area (Å²) in [6.45, 7) is 4.72. The lowest BCUT2D eigenvalue weighted by Gasteiger charge is -2.22. The van der Waals surface area contributed by atoms with Gasteiger partial charge in [-0.2, -0.15) is 0 Å². The Bertz CT molecular complexity index is 1680. The molecule has 1 amide bonds. The molecule has 248 valence electrons. The van der Waals surface area contributed by atoms with Gasteiger partial charge in [0.15, 0.2) is 17.5 Å². The van der Waals surface area contributed by atoms with Crippen molar-refractivity contribution >= 4 is 35.5 Å². The number of hydrogen-bond acceptors (Lipinski definition) is 9. The highest BCUT2D eigenvalue weighted by Gasteiger charge is 2.29. The van der Waals surface area contributed by atoms with Crippen molar-refractivity contribution in [2.75, 3.05) is 25.6 Å². The van der Waals surface area contributed by atoms with Gasteiger partial charge in [-0.3, -0.25) is 19.8 Å². The van der Waals surface area contributed by atoms with Crippen LogP contribution in [0.15, 0.2) is 54.6 Å². The smallest absolute Gasteiger partial charge is 0.343 e. The maximum Gasteiger partial charge on any atom is 0.343 e. The number of methoxy groups -OCH3 is 1. The van der Waals surface area contributed by atoms with E-state index in [0.717, 1.165) is 0 Å². The summed E-state index contributed by atoms with van der Waals surface area (Å²) in [5.74, 6) is -4.43. The number of carbonyl (C=O) groups is 4. The molecule has 13 nitrogen and oxygen atoms in total. The number of carboxylic acid groups (broad SMARTS) is 1. The summed E-state index contributed by atoms with van der Waals surface area (Å²) < 4.78 is 22.3. The first kappa shape index (κ1) is 34.3. The van der Waals surface area contributed by atoms with Crippen LogP contribution in [0.5, 0.6) is 17.2 Å². The number of amides is 1. The van der Waals surface area contributed by atoms with Gasteiger partial charge in [0.05, 0.1) is 30.8 Å². The van der Waals surface area contributed by atoms with Crippen LogP contribution in [0.3, 0.4) is 0 Å². The number of hydrogen-bond donors (Lipinski definition) is 5. The number of anilines is 1. The largest absolute Gasteiger partial charge is 0.497 e. The van der Waals surface area contributed by atoms with Crippen molar-refractivity contribution in [2.45, 2.75) is 51.6 Å². The first-order chi connectivity index (χ1) is 22.2. The third-order valence-electron chi connectivity index (χ3n) is 7.08. The molecular weight excluding hydrogens is 608 g/mol. The zero-order valence-electron chi connectivity index (χ0n) is 26.6. The first-order valence-electron chi connectivity index (χ1n) is 14.9. The minimum Gasteiger partial charge on any atom is -0.497 e. The number of aliphatic carboxylic acids is 1. The van der Waals surface area contributed by atoms with E-state index in [0.29, 0.717) is 35.4 Å². The highest BCUT2D eigenvalue weighted by atomic mass is 16.6. The minimum atomic E-state index is -1.18. The van der Waals surface area contributed by atoms with Crippen LogP contribution in [-0.4, -0.2) is 60.7 Å². The summed E-state index contributed by atoms with van der Waals surface area (Å²) in [7, 11) is 1.52. The lowest BCUT2D eigenvalue weighted by Crippen LogP contribution is -2.35. The second kappa shape index (κ2) is 14.7. The molecule has 6 N–H and O–H groups in total. The third-order valence-corrected chi connectivity index (χ3v) is 7.08. The second-order valence-corrected chi connectivity index (χ2v) is 11.9. The summed E-state index contributed by atoms with van der Waals surface area (Å²) >= 11 is 0. The van der Waals surface area contributed by atoms with E-state index in [4.69, 9.17) is 30.1 Å². The highest BCUT2D eigenvalue weighted by molar-refractivity contribution is 6.01. The van der Waals surface area contributed by atoms with Crippen LogP contribution in [0.1, 0.15) is 70.5 Å². The molecule has 0 saturated carbocycles. The predicted molar refractivity (Wildman–Crippen MR) is 172 cm³/mol. The Kier molecular flexibility index (Phi) is 10.7. The lowest BCUT2D eigenvalue weighted by molar-refractivity contribution is -0.153. The van der Waals surface area contributed by atoms with Gasteiger partial charge in [0.25, 0.3) is 5.91 Å². The topological polar surface area (TPSA) is 199 Å². The van der Waals surface area contributed by atoms with Gasteiger partial charge in [-0.15, -0.1) is 0 Å². The fourth-order valence-electron chi connectivity index (χ4n) is 5.01. The Morgan fingerprint density at radius 3 is 2.45 bits per heavy atom. The van der Waals surface area contributed by atoms with Crippen LogP contribution in [-0.2, 0) is 27.2 Å². The summed E-state index contributed by atoms with van der Waals surface area (Å²) in [4.78, 5) is 52.1. The Labute approximate surface area is 271 Å². The number of ether oxygens (including phenoxy) is 4. The van der Waals surface area contributed by atoms with Gasteiger partial charge < -0.3 is 40.4 Å². The molecule has 1 atom stereocenters. The number of fused-ring (bicyclic) bond motifs is 2. The summed E-state index contributed by atoms with van der Waals surface area (Å²) in [6, 6.07) is 14.4. The summed E-state index contributed by atoms with van der Waals surface area (Å²) in [5.41, 5.74) is 6.79. The van der Waals surface area contributed by atoms with E-state index < -0.39 is 41.9 Å². The van der Waals surface area contributed by atoms with Crippen molar-refractivity contribution in [1.29, 1.82) is 5.41 Å². The number of carbonyl (C=O) groups excluding carboxylic acids is 3. The third kappa shape index (κ3) is 9.22. The number of nitrogens with one attached hydrogen (secondary N) is 3. The highest BCUT2D eigenvalue weighted by Crippen LogP contribution is 2.38. The van der Waals surface area contributed by atoms with Crippen LogP contribution >= 0.6 is 0 Å². The standard InChI is InChI=1S/C34H38N4O9/c1-34(2,3)47-28(39)18-37-30(40)26-16-21(25(31(41)42)14-19-7-10-23(44-4)11-8-19)17-27-29(26)45-13-5-6-20-15-22(38-33(35)36)9-12-24(20)32(43)46-27/h7-12,15-17,25H,5-6,13-14,18H2,1-4H3,(H,37,40)(H,41,42)(H4,35,36,38). The molecule has 1 unspecified atom stereocenters. The summed E-state index contributed by atoms with van der Waals surface area (Å²) in [6.07, 6.45) is 0.869. The van der Waals surface area contributed by atoms with E-state index in [1.807, 2.05) is 0 Å². The van der Waals surface area contributed by atoms with Gasteiger partial charge in [0.2, 0.25) is 0 Å². The fourth-order valence-corrected chi connectivity index (χ4v) is 5.01. The fraction of sp³-hybridized carbons (Fsp3) is 0.324. The molecule has 1 aliphatic heterocycles. The Hall–Kier alpha value is -5.59. The molecule has 0 spiro atoms. The van der Waals surface area contributed by atoms with Crippen molar-refractivity contribution < 1.29 is 43.2 Å². The van der Waals surface area contributed by atoms with Gasteiger partial charge in [-0.05, 0) is 99.2 Å². The predicted octanol–water partition coefficient (Wildman–Crippen LogP) is 4.03. The van der Waals surface area contributed by atoms with Crippen molar-refractivity contribution in [3.8, 4) is 17.2 Å². The monoisotopic (exact) mass is 646 g/mol. The van der Waals surface area contributed by atoms with Gasteiger partial charge in [-0.1, -0.05) is 12.1 Å². The minimum absolute atomic E-state index is 0.0423. The molecule has 1 heterocycles. The number of benzene rings is 3. The van der Waals surface area contributed by atoms with E-state index in [-0.39, 0.29) is 47.2 Å². The number of aryl methyl sites for hydroxylation is 1. The van der Waals surface area contributed by atoms with Gasteiger partial charge in [0, 0.05) is 5.69 Å². The average molecular weight is 647 g/mol. The molecule has 0 bridgehead atoms. The van der Waals surface area contributed by atoms with E-state index in [2.05, 4.69) is 10.6 Å². The van der Waals surface area contributed by atoms with Crippen molar-refractivity contribution in [2.24, 2.45) is 5.73 Å². The number of guanidine groups is 1. The molecule has 13 heteroatoms. The maximum absolute atomic E-state index is 13.6. The quantitative estimate of drug-likeness (QED) is 0.0973. The van der Waals surface area contributed by atoms with Crippen molar-refractivity contribution in [1.82, 2.24) is 5.32 Å². The van der Waals surface area contributed by atoms with E-state index in [9.17, 15) is 24.3 Å². The zero-order valence-corrected chi connectivity index (χ0v) is 26.6. The van der Waals surface area contributed by atoms with E-state index in [1.165, 1.54) is 25.3 Å². The van der Waals surface area contributed by atoms with Crippen LogP contribution in [0.25, 0.3) is 0 Å². The van der Waals surface area contributed by atoms with Crippen LogP contribution in [0, 0.1) is 5.41 Å². The van der Waals surface area contributed by atoms with Gasteiger partial charge in [-0.25, -0.2) is 4.79 Å². The Balaban J connectivity index is 1.77. The molecule has 47 heavy (non-hydrogen) atoms. The van der Waals surface area contributed by atoms with Gasteiger partial charge >= 0.3 is 17.9 Å². The molecule has 0 saturated heterocycles. The number of rotatable bonds is 9. The molecule has 3 aromatic carbocycles. The molecule has 0 aromatic heterocycles. The van der Waals surface area contributed by atoms with Crippen molar-refractivity contribution in [3.63, 3.8) is 0 Å². The number of esters is 2. The zero-order chi connectivity index (χ0) is 34.3. The van der Waals surface area contributed by atoms with E-state index in [1.54, 1.807) is 57.2 Å². The van der Waals surface area contributed by atoms with Crippen LogP contribution < -0.4 is 30.6 Å². The van der Waals surface area contributed by atoms with Gasteiger partial charge in [0.1, 0.15) is 17.9 Å². The average Bonchev–Trinajstić information content (AvgIpc) is 3.00. The van der Waals surface area contributed by atoms with Crippen LogP contribution in [0.2, 0.25) is 0 Å². The Morgan fingerprint density at radius 1 is 1.09 bits per heavy atom. The summed E-state index contributed by atoms with van der Waals surface area (Å²) in [5, 5.41) is 23.0. The molecule has 3 aromatic rings. The molecular formula is C34H38N4O9. The Morgan fingerprint density at radius 2 is 1.81 bits per heavy atom. The second-order valence-electron chi connectivity index (χ2n) is 11.9. The van der Waals surface area contributed by atoms with Crippen molar-refractivity contribution in [3.05, 3.63) is 82.4 Å². The number of carboxylic acids is 1. The van der Waals surface area contributed by atoms with Crippen LogP contribution in [0.4, 0.5) is 5.69 Å². The number of nitrogens with two attached hydrogens (primary N) is 1. The molecule has 1 aliphatic rings. The molecule has 0 radical (unpaired) electrons. The maximum atomic E-state index is 13.6. The lowest BCUT2D eigenvalue weighted by atomic mass is 9.90.